The Kier molecular flexibility index (Phi) is 4.19. The minimum atomic E-state index is -0.460. The predicted octanol–water partition coefficient (Wildman–Crippen LogP) is 3.48. The summed E-state index contributed by atoms with van der Waals surface area (Å²) in [6.07, 6.45) is 0. The van der Waals surface area contributed by atoms with E-state index in [2.05, 4.69) is 23.8 Å². The molecule has 0 saturated heterocycles. The average molecular weight is 368 g/mol. The summed E-state index contributed by atoms with van der Waals surface area (Å²) in [7, 11) is 0. The minimum Gasteiger partial charge on any atom is -0.448 e. The van der Waals surface area contributed by atoms with Gasteiger partial charge in [-0.05, 0) is 31.3 Å². The lowest BCUT2D eigenvalue weighted by molar-refractivity contribution is -0.383. The molecule has 2 aromatic heterocycles. The molecule has 4 rings (SSSR count). The van der Waals surface area contributed by atoms with Crippen molar-refractivity contribution in [2.45, 2.75) is 20.4 Å². The van der Waals surface area contributed by atoms with Gasteiger partial charge in [-0.1, -0.05) is 13.8 Å². The van der Waals surface area contributed by atoms with Gasteiger partial charge in [-0.3, -0.25) is 24.7 Å². The number of benzene rings is 2. The molecule has 2 heterocycles. The number of likely N-dealkylation sites (N-methyl/N-ethyl adjacent to an activating group) is 1. The van der Waals surface area contributed by atoms with Gasteiger partial charge in [0.25, 0.3) is 0 Å². The van der Waals surface area contributed by atoms with E-state index in [1.807, 2.05) is 4.68 Å². The lowest BCUT2D eigenvalue weighted by Crippen LogP contribution is -2.27. The Morgan fingerprint density at radius 3 is 2.70 bits per heavy atom. The van der Waals surface area contributed by atoms with E-state index in [9.17, 15) is 14.9 Å². The van der Waals surface area contributed by atoms with Crippen LogP contribution in [-0.2, 0) is 6.54 Å². The van der Waals surface area contributed by atoms with Crippen molar-refractivity contribution >= 4 is 38.7 Å². The summed E-state index contributed by atoms with van der Waals surface area (Å²) in [5, 5.41) is 16.2. The standard InChI is InChI=1S/C19H20N4O4/c1-3-21(4-2)9-10-22-14-7-8-15(23(25)26)19-17(14)18(20-22)13-6-5-12(24)11-16(13)27-19/h5-8,11,20H,3-4,9-10H2,1-2H3. The van der Waals surface area contributed by atoms with Crippen molar-refractivity contribution in [1.82, 2.24) is 14.7 Å². The van der Waals surface area contributed by atoms with Gasteiger partial charge in [0, 0.05) is 24.1 Å². The molecule has 8 nitrogen and oxygen atoms in total. The van der Waals surface area contributed by atoms with Crippen LogP contribution in [0.3, 0.4) is 0 Å². The van der Waals surface area contributed by atoms with Gasteiger partial charge in [0.05, 0.1) is 27.9 Å². The molecule has 140 valence electrons. The average Bonchev–Trinajstić information content (AvgIpc) is 3.02. The molecule has 0 atom stereocenters. The van der Waals surface area contributed by atoms with Gasteiger partial charge in [-0.25, -0.2) is 0 Å². The molecule has 0 aliphatic heterocycles. The summed E-state index contributed by atoms with van der Waals surface area (Å²) in [6, 6.07) is 7.73. The van der Waals surface area contributed by atoms with Crippen LogP contribution in [0.4, 0.5) is 5.69 Å². The minimum absolute atomic E-state index is 0.111. The zero-order chi connectivity index (χ0) is 19.1. The first-order valence-corrected chi connectivity index (χ1v) is 8.98. The van der Waals surface area contributed by atoms with Crippen molar-refractivity contribution in [1.29, 1.82) is 0 Å². The molecule has 27 heavy (non-hydrogen) atoms. The molecule has 0 saturated carbocycles. The Balaban J connectivity index is 2.00. The van der Waals surface area contributed by atoms with Gasteiger partial charge in [0.2, 0.25) is 5.58 Å². The number of nitro benzene ring substituents is 1. The highest BCUT2D eigenvalue weighted by molar-refractivity contribution is 6.17. The first-order chi connectivity index (χ1) is 13.0. The number of H-pyrrole nitrogens is 1. The summed E-state index contributed by atoms with van der Waals surface area (Å²) in [5.41, 5.74) is 1.79. The Bertz CT molecular complexity index is 1210. The van der Waals surface area contributed by atoms with E-state index in [-0.39, 0.29) is 16.7 Å². The van der Waals surface area contributed by atoms with Crippen molar-refractivity contribution in [3.05, 3.63) is 50.7 Å². The lowest BCUT2D eigenvalue weighted by atomic mass is 10.1. The highest BCUT2D eigenvalue weighted by Gasteiger charge is 2.22. The van der Waals surface area contributed by atoms with Crippen LogP contribution in [0.5, 0.6) is 0 Å². The van der Waals surface area contributed by atoms with E-state index >= 15 is 0 Å². The van der Waals surface area contributed by atoms with Crippen LogP contribution in [0.15, 0.2) is 39.5 Å². The number of aromatic nitrogens is 2. The maximum absolute atomic E-state index is 11.7. The second-order valence-corrected chi connectivity index (χ2v) is 6.49. The third-order valence-electron chi connectivity index (χ3n) is 5.07. The molecular formula is C19H20N4O4. The predicted molar refractivity (Wildman–Crippen MR) is 104 cm³/mol. The van der Waals surface area contributed by atoms with E-state index in [4.69, 9.17) is 4.42 Å². The molecule has 0 unspecified atom stereocenters. The highest BCUT2D eigenvalue weighted by Crippen LogP contribution is 2.37. The molecular weight excluding hydrogens is 348 g/mol. The van der Waals surface area contributed by atoms with Crippen LogP contribution < -0.4 is 5.43 Å². The highest BCUT2D eigenvalue weighted by atomic mass is 16.6. The van der Waals surface area contributed by atoms with E-state index < -0.39 is 4.92 Å². The molecule has 0 fully saturated rings. The molecule has 0 spiro atoms. The van der Waals surface area contributed by atoms with Crippen LogP contribution in [0.25, 0.3) is 33.0 Å². The summed E-state index contributed by atoms with van der Waals surface area (Å²) >= 11 is 0. The lowest BCUT2D eigenvalue weighted by Gasteiger charge is -2.18. The Morgan fingerprint density at radius 1 is 1.22 bits per heavy atom. The summed E-state index contributed by atoms with van der Waals surface area (Å²) in [5.74, 6) is 0. The van der Waals surface area contributed by atoms with E-state index in [0.29, 0.717) is 17.5 Å². The quantitative estimate of drug-likeness (QED) is 0.319. The molecule has 4 aromatic rings. The number of nitro groups is 1. The van der Waals surface area contributed by atoms with Crippen molar-refractivity contribution in [3.8, 4) is 0 Å². The molecule has 0 aliphatic rings. The molecule has 1 N–H and O–H groups in total. The number of nitrogens with one attached hydrogen (secondary N) is 1. The van der Waals surface area contributed by atoms with Crippen LogP contribution >= 0.6 is 0 Å². The molecule has 0 bridgehead atoms. The number of fused-ring (bicyclic) bond motifs is 2. The monoisotopic (exact) mass is 368 g/mol. The topological polar surface area (TPSA) is 97.3 Å². The second kappa shape index (κ2) is 6.55. The maximum atomic E-state index is 11.7. The van der Waals surface area contributed by atoms with Gasteiger partial charge in [0.15, 0.2) is 5.43 Å². The fourth-order valence-electron chi connectivity index (χ4n) is 3.58. The van der Waals surface area contributed by atoms with Gasteiger partial charge in [0.1, 0.15) is 5.58 Å². The second-order valence-electron chi connectivity index (χ2n) is 6.49. The zero-order valence-electron chi connectivity index (χ0n) is 15.2. The molecule has 0 amide bonds. The van der Waals surface area contributed by atoms with Crippen LogP contribution in [0.1, 0.15) is 13.8 Å². The van der Waals surface area contributed by atoms with Crippen molar-refractivity contribution in [3.63, 3.8) is 0 Å². The first kappa shape index (κ1) is 17.3. The van der Waals surface area contributed by atoms with Crippen LogP contribution in [-0.4, -0.2) is 39.2 Å². The Hall–Kier alpha value is -3.13. The fourth-order valence-corrected chi connectivity index (χ4v) is 3.58. The Morgan fingerprint density at radius 2 is 2.00 bits per heavy atom. The molecule has 0 aliphatic carbocycles. The van der Waals surface area contributed by atoms with Crippen molar-refractivity contribution in [2.75, 3.05) is 19.6 Å². The number of rotatable bonds is 6. The Labute approximate surface area is 154 Å². The van der Waals surface area contributed by atoms with Gasteiger partial charge >= 0.3 is 5.69 Å². The van der Waals surface area contributed by atoms with Crippen LogP contribution in [0.2, 0.25) is 0 Å². The third kappa shape index (κ3) is 2.78. The largest absolute Gasteiger partial charge is 0.448 e. The summed E-state index contributed by atoms with van der Waals surface area (Å²) in [6.45, 7) is 7.71. The summed E-state index contributed by atoms with van der Waals surface area (Å²) < 4.78 is 7.80. The van der Waals surface area contributed by atoms with Crippen molar-refractivity contribution in [2.24, 2.45) is 0 Å². The number of aromatic amines is 1. The SMILES string of the molecule is CCN(CC)CCn1[nH]c2c3ccc(=O)cc3oc3c([N+](=O)[O-])ccc1c32. The normalized spacial score (nSPS) is 12.0. The van der Waals surface area contributed by atoms with Crippen molar-refractivity contribution < 1.29 is 9.34 Å². The molecule has 8 heteroatoms. The molecule has 2 aromatic carbocycles. The van der Waals surface area contributed by atoms with Gasteiger partial charge < -0.3 is 9.32 Å². The van der Waals surface area contributed by atoms with E-state index in [1.165, 1.54) is 18.2 Å². The number of hydrogen-bond acceptors (Lipinski definition) is 5. The van der Waals surface area contributed by atoms with Gasteiger partial charge in [-0.2, -0.15) is 0 Å². The summed E-state index contributed by atoms with van der Waals surface area (Å²) in [4.78, 5) is 25.1. The molecule has 0 radical (unpaired) electrons. The number of nitrogens with zero attached hydrogens (tertiary/aromatic N) is 3. The van der Waals surface area contributed by atoms with E-state index in [0.717, 1.165) is 36.1 Å². The van der Waals surface area contributed by atoms with E-state index in [1.54, 1.807) is 12.1 Å². The number of hydrogen-bond donors (Lipinski definition) is 1. The number of non-ortho nitro benzene ring substituents is 1. The first-order valence-electron chi connectivity index (χ1n) is 8.98. The smallest absolute Gasteiger partial charge is 0.312 e. The zero-order valence-corrected chi connectivity index (χ0v) is 15.2. The van der Waals surface area contributed by atoms with Crippen LogP contribution in [0, 0.1) is 10.1 Å². The maximum Gasteiger partial charge on any atom is 0.312 e. The third-order valence-corrected chi connectivity index (χ3v) is 5.07. The van der Waals surface area contributed by atoms with Gasteiger partial charge in [-0.15, -0.1) is 0 Å². The fraction of sp³-hybridized carbons (Fsp3) is 0.316.